The van der Waals surface area contributed by atoms with Crippen LogP contribution < -0.4 is 10.1 Å². The van der Waals surface area contributed by atoms with E-state index in [9.17, 15) is 13.2 Å². The lowest BCUT2D eigenvalue weighted by atomic mass is 10.0. The Labute approximate surface area is 203 Å². The molecule has 1 atom stereocenters. The van der Waals surface area contributed by atoms with Crippen molar-refractivity contribution in [3.63, 3.8) is 0 Å². The fraction of sp³-hybridized carbons (Fsp3) is 0.269. The van der Waals surface area contributed by atoms with E-state index in [1.54, 1.807) is 17.9 Å². The molecule has 1 amide bonds. The molecule has 3 heterocycles. The zero-order valence-corrected chi connectivity index (χ0v) is 20.6. The molecule has 0 bridgehead atoms. The van der Waals surface area contributed by atoms with Gasteiger partial charge in [0, 0.05) is 11.3 Å². The van der Waals surface area contributed by atoms with E-state index in [-0.39, 0.29) is 23.5 Å². The van der Waals surface area contributed by atoms with Crippen molar-refractivity contribution in [2.45, 2.75) is 26.3 Å². The molecule has 2 aromatic heterocycles. The van der Waals surface area contributed by atoms with Gasteiger partial charge in [0.1, 0.15) is 5.75 Å². The third-order valence-electron chi connectivity index (χ3n) is 6.28. The summed E-state index contributed by atoms with van der Waals surface area (Å²) in [6.45, 7) is 3.78. The summed E-state index contributed by atoms with van der Waals surface area (Å²) in [6, 6.07) is 16.5. The van der Waals surface area contributed by atoms with Gasteiger partial charge in [-0.1, -0.05) is 24.3 Å². The van der Waals surface area contributed by atoms with Crippen molar-refractivity contribution >= 4 is 32.5 Å². The van der Waals surface area contributed by atoms with Crippen LogP contribution in [-0.4, -0.2) is 47.7 Å². The van der Waals surface area contributed by atoms with Crippen LogP contribution in [0.1, 0.15) is 34.1 Å². The molecule has 2 aromatic carbocycles. The number of methoxy groups -OCH3 is 1. The van der Waals surface area contributed by atoms with Crippen LogP contribution in [0.2, 0.25) is 0 Å². The van der Waals surface area contributed by atoms with E-state index >= 15 is 0 Å². The molecule has 180 valence electrons. The van der Waals surface area contributed by atoms with Crippen LogP contribution in [0.3, 0.4) is 0 Å². The summed E-state index contributed by atoms with van der Waals surface area (Å²) in [5, 5.41) is 8.26. The van der Waals surface area contributed by atoms with Crippen molar-refractivity contribution in [3.8, 4) is 17.0 Å². The number of aromatic nitrogens is 3. The number of rotatable bonds is 5. The van der Waals surface area contributed by atoms with Gasteiger partial charge in [-0.05, 0) is 56.2 Å². The predicted molar refractivity (Wildman–Crippen MR) is 136 cm³/mol. The first-order valence-electron chi connectivity index (χ1n) is 11.4. The molecular formula is C26H26N4O4S. The van der Waals surface area contributed by atoms with Crippen molar-refractivity contribution in [2.24, 2.45) is 0 Å². The van der Waals surface area contributed by atoms with Gasteiger partial charge in [0.25, 0.3) is 5.91 Å². The summed E-state index contributed by atoms with van der Waals surface area (Å²) in [4.78, 5) is 18.4. The van der Waals surface area contributed by atoms with Crippen molar-refractivity contribution < 1.29 is 17.9 Å². The average molecular weight is 491 g/mol. The maximum absolute atomic E-state index is 13.5. The molecule has 8 nitrogen and oxygen atoms in total. The van der Waals surface area contributed by atoms with Gasteiger partial charge < -0.3 is 10.1 Å². The molecule has 4 aromatic rings. The second kappa shape index (κ2) is 8.81. The quantitative estimate of drug-likeness (QED) is 0.447. The smallest absolute Gasteiger partial charge is 0.256 e. The predicted octanol–water partition coefficient (Wildman–Crippen LogP) is 4.34. The number of anilines is 1. The van der Waals surface area contributed by atoms with Gasteiger partial charge in [-0.15, -0.1) is 0 Å². The van der Waals surface area contributed by atoms with E-state index in [1.807, 2.05) is 62.4 Å². The van der Waals surface area contributed by atoms with Crippen molar-refractivity contribution in [1.82, 2.24) is 14.8 Å². The second-order valence-electron chi connectivity index (χ2n) is 8.90. The third-order valence-corrected chi connectivity index (χ3v) is 8.03. The molecule has 0 saturated carbocycles. The molecule has 1 aliphatic heterocycles. The Morgan fingerprint density at radius 2 is 1.91 bits per heavy atom. The highest BCUT2D eigenvalue weighted by atomic mass is 32.2. The number of nitrogens with one attached hydrogen (secondary N) is 1. The van der Waals surface area contributed by atoms with Gasteiger partial charge in [-0.2, -0.15) is 5.10 Å². The van der Waals surface area contributed by atoms with Crippen LogP contribution in [0.25, 0.3) is 22.3 Å². The number of amides is 1. The Bertz CT molecular complexity index is 1560. The minimum Gasteiger partial charge on any atom is -0.497 e. The third kappa shape index (κ3) is 4.51. The van der Waals surface area contributed by atoms with Crippen molar-refractivity contribution in [3.05, 3.63) is 71.4 Å². The van der Waals surface area contributed by atoms with E-state index in [0.717, 1.165) is 11.1 Å². The molecule has 5 rings (SSSR count). The molecule has 1 saturated heterocycles. The monoisotopic (exact) mass is 490 g/mol. The summed E-state index contributed by atoms with van der Waals surface area (Å²) in [5.41, 5.74) is 4.63. The maximum Gasteiger partial charge on any atom is 0.256 e. The molecule has 1 N–H and O–H groups in total. The molecule has 9 heteroatoms. The number of aryl methyl sites for hydroxylation is 2. The molecule has 0 aliphatic carbocycles. The Morgan fingerprint density at radius 1 is 1.11 bits per heavy atom. The van der Waals surface area contributed by atoms with Crippen LogP contribution in [0, 0.1) is 13.8 Å². The van der Waals surface area contributed by atoms with Crippen LogP contribution >= 0.6 is 0 Å². The lowest BCUT2D eigenvalue weighted by Gasteiger charge is -2.13. The number of ether oxygens (including phenoxy) is 1. The molecule has 0 radical (unpaired) electrons. The summed E-state index contributed by atoms with van der Waals surface area (Å²) >= 11 is 0. The van der Waals surface area contributed by atoms with Gasteiger partial charge in [-0.25, -0.2) is 18.1 Å². The summed E-state index contributed by atoms with van der Waals surface area (Å²) in [5.74, 6) is 0.517. The Morgan fingerprint density at radius 3 is 2.63 bits per heavy atom. The number of carbonyl (C=O) groups excluding carboxylic acids is 1. The molecule has 1 fully saturated rings. The Hall–Kier alpha value is -3.72. The van der Waals surface area contributed by atoms with Gasteiger partial charge >= 0.3 is 0 Å². The molecule has 1 aliphatic rings. The Balaban J connectivity index is 1.69. The fourth-order valence-electron chi connectivity index (χ4n) is 4.57. The first-order valence-corrected chi connectivity index (χ1v) is 13.2. The van der Waals surface area contributed by atoms with Gasteiger partial charge in [-0.3, -0.25) is 4.79 Å². The highest BCUT2D eigenvalue weighted by Gasteiger charge is 2.32. The standard InChI is InChI=1S/C26H26N4O4S/c1-16-6-4-8-19(12-16)27-26(31)22-14-23(18-7-5-9-21(13-18)34-3)28-25-24(22)17(2)29-30(25)20-10-11-35(32,33)15-20/h4-9,12-14,20H,10-11,15H2,1-3H3,(H,27,31). The summed E-state index contributed by atoms with van der Waals surface area (Å²) < 4.78 is 31.4. The highest BCUT2D eigenvalue weighted by Crippen LogP contribution is 2.33. The maximum atomic E-state index is 13.5. The summed E-state index contributed by atoms with van der Waals surface area (Å²) in [6.07, 6.45) is 0.467. The van der Waals surface area contributed by atoms with Gasteiger partial charge in [0.2, 0.25) is 0 Å². The number of benzene rings is 2. The van der Waals surface area contributed by atoms with E-state index in [2.05, 4.69) is 10.4 Å². The highest BCUT2D eigenvalue weighted by molar-refractivity contribution is 7.91. The topological polar surface area (TPSA) is 103 Å². The first kappa shape index (κ1) is 23.0. The zero-order valence-electron chi connectivity index (χ0n) is 19.8. The lowest BCUT2D eigenvalue weighted by Crippen LogP contribution is -2.15. The van der Waals surface area contributed by atoms with Crippen LogP contribution in [0.15, 0.2) is 54.6 Å². The van der Waals surface area contributed by atoms with Crippen molar-refractivity contribution in [1.29, 1.82) is 0 Å². The number of pyridine rings is 1. The van der Waals surface area contributed by atoms with E-state index in [1.165, 1.54) is 0 Å². The number of carbonyl (C=O) groups is 1. The SMILES string of the molecule is COc1cccc(-c2cc(C(=O)Nc3cccc(C)c3)c3c(C)nn(C4CCS(=O)(=O)C4)c3n2)c1. The van der Waals surface area contributed by atoms with E-state index < -0.39 is 9.84 Å². The number of hydrogen-bond donors (Lipinski definition) is 1. The molecule has 1 unspecified atom stereocenters. The number of hydrogen-bond acceptors (Lipinski definition) is 6. The fourth-order valence-corrected chi connectivity index (χ4v) is 6.26. The van der Waals surface area contributed by atoms with Gasteiger partial charge in [0.05, 0.1) is 47.0 Å². The zero-order chi connectivity index (χ0) is 24.7. The second-order valence-corrected chi connectivity index (χ2v) is 11.1. The average Bonchev–Trinajstić information content (AvgIpc) is 3.37. The summed E-state index contributed by atoms with van der Waals surface area (Å²) in [7, 11) is -1.54. The molecular weight excluding hydrogens is 464 g/mol. The van der Waals surface area contributed by atoms with Crippen LogP contribution in [-0.2, 0) is 9.84 Å². The minimum absolute atomic E-state index is 0.0130. The van der Waals surface area contributed by atoms with Crippen LogP contribution in [0.4, 0.5) is 5.69 Å². The number of sulfone groups is 1. The Kier molecular flexibility index (Phi) is 5.80. The first-order chi connectivity index (χ1) is 16.7. The van der Waals surface area contributed by atoms with Crippen molar-refractivity contribution in [2.75, 3.05) is 23.9 Å². The number of fused-ring (bicyclic) bond motifs is 1. The number of nitrogens with zero attached hydrogens (tertiary/aromatic N) is 3. The van der Waals surface area contributed by atoms with Gasteiger partial charge in [0.15, 0.2) is 15.5 Å². The molecule has 35 heavy (non-hydrogen) atoms. The van der Waals surface area contributed by atoms with Crippen LogP contribution in [0.5, 0.6) is 5.75 Å². The lowest BCUT2D eigenvalue weighted by molar-refractivity contribution is 0.102. The molecule has 0 spiro atoms. The van der Waals surface area contributed by atoms with E-state index in [4.69, 9.17) is 9.72 Å². The normalized spacial score (nSPS) is 16.9. The minimum atomic E-state index is -3.13. The van der Waals surface area contributed by atoms with E-state index in [0.29, 0.717) is 45.8 Å². The largest absolute Gasteiger partial charge is 0.497 e.